The summed E-state index contributed by atoms with van der Waals surface area (Å²) in [6.07, 6.45) is 5.92. The average molecular weight is 409 g/mol. The molecule has 2 aliphatic rings. The molecule has 1 heterocycles. The van der Waals surface area contributed by atoms with Gasteiger partial charge >= 0.3 is 0 Å². The van der Waals surface area contributed by atoms with Gasteiger partial charge in [-0.05, 0) is 43.9 Å². The average Bonchev–Trinajstić information content (AvgIpc) is 2.70. The van der Waals surface area contributed by atoms with E-state index in [-0.39, 0.29) is 5.91 Å². The molecule has 0 atom stereocenters. The van der Waals surface area contributed by atoms with Gasteiger partial charge in [0.1, 0.15) is 0 Å². The van der Waals surface area contributed by atoms with E-state index in [1.807, 2.05) is 37.9 Å². The fourth-order valence-corrected chi connectivity index (χ4v) is 6.11. The van der Waals surface area contributed by atoms with Crippen molar-refractivity contribution < 1.29 is 18.1 Å². The van der Waals surface area contributed by atoms with E-state index in [9.17, 15) is 13.2 Å². The number of sulfonamides is 1. The van der Waals surface area contributed by atoms with Crippen molar-refractivity contribution >= 4 is 15.9 Å². The number of piperazine rings is 1. The number of carbonyl (C=O) groups excluding carboxylic acids is 1. The normalized spacial score (nSPS) is 20.2. The van der Waals surface area contributed by atoms with Crippen molar-refractivity contribution in [1.82, 2.24) is 9.21 Å². The quantitative estimate of drug-likeness (QED) is 0.790. The number of nitrogens with zero attached hydrogens (tertiary/aromatic N) is 2. The van der Waals surface area contributed by atoms with E-state index in [1.165, 1.54) is 24.2 Å². The van der Waals surface area contributed by atoms with Crippen molar-refractivity contribution in [2.45, 2.75) is 56.9 Å². The summed E-state index contributed by atoms with van der Waals surface area (Å²) in [5.41, 5.74) is 1.73. The number of nitrogens with one attached hydrogen (secondary N) is 1. The first-order valence-corrected chi connectivity index (χ1v) is 11.9. The lowest BCUT2D eigenvalue weighted by molar-refractivity contribution is -0.896. The largest absolute Gasteiger partial charge is 0.338 e. The van der Waals surface area contributed by atoms with Gasteiger partial charge in [0.05, 0.1) is 31.1 Å². The fraction of sp³-hybridized carbons (Fsp3) is 0.667. The molecule has 28 heavy (non-hydrogen) atoms. The van der Waals surface area contributed by atoms with Gasteiger partial charge < -0.3 is 9.80 Å². The van der Waals surface area contributed by atoms with E-state index < -0.39 is 10.0 Å². The van der Waals surface area contributed by atoms with Gasteiger partial charge in [0, 0.05) is 13.1 Å². The van der Waals surface area contributed by atoms with Crippen LogP contribution in [0.4, 0.5) is 0 Å². The summed E-state index contributed by atoms with van der Waals surface area (Å²) >= 11 is 0. The molecule has 1 aromatic carbocycles. The van der Waals surface area contributed by atoms with Crippen LogP contribution in [0.5, 0.6) is 0 Å². The minimum Gasteiger partial charge on any atom is -0.338 e. The number of hydrogen-bond donors (Lipinski definition) is 1. The highest BCUT2D eigenvalue weighted by Crippen LogP contribution is 2.22. The number of rotatable bonds is 5. The second-order valence-electron chi connectivity index (χ2n) is 8.40. The van der Waals surface area contributed by atoms with Gasteiger partial charge in [-0.2, -0.15) is 4.31 Å². The second kappa shape index (κ2) is 8.93. The standard InChI is InChI=1S/C21H33N3O3S/c1-17-9-10-18(2)20(15-17)28(26,27)24-13-11-23(12-14-24)16-21(25)22(3)19-7-5-4-6-8-19/h9-10,15,19H,4-8,11-14,16H2,1-3H3/p+1. The van der Waals surface area contributed by atoms with Crippen LogP contribution in [0, 0.1) is 13.8 Å². The molecule has 1 N–H and O–H groups in total. The molecule has 6 nitrogen and oxygen atoms in total. The van der Waals surface area contributed by atoms with Gasteiger partial charge in [-0.25, -0.2) is 8.42 Å². The number of amides is 1. The van der Waals surface area contributed by atoms with E-state index in [0.29, 0.717) is 43.7 Å². The lowest BCUT2D eigenvalue weighted by atomic mass is 9.94. The van der Waals surface area contributed by atoms with E-state index in [4.69, 9.17) is 0 Å². The molecule has 1 amide bonds. The van der Waals surface area contributed by atoms with Crippen LogP contribution in [0.3, 0.4) is 0 Å². The highest BCUT2D eigenvalue weighted by Gasteiger charge is 2.33. The first kappa shape index (κ1) is 21.3. The zero-order chi connectivity index (χ0) is 20.3. The van der Waals surface area contributed by atoms with Gasteiger partial charge in [0.25, 0.3) is 5.91 Å². The summed E-state index contributed by atoms with van der Waals surface area (Å²) in [6.45, 7) is 6.49. The van der Waals surface area contributed by atoms with Crippen LogP contribution in [0.2, 0.25) is 0 Å². The van der Waals surface area contributed by atoms with Gasteiger partial charge in [-0.15, -0.1) is 0 Å². The summed E-state index contributed by atoms with van der Waals surface area (Å²) in [6, 6.07) is 5.94. The number of hydrogen-bond acceptors (Lipinski definition) is 3. The molecule has 0 spiro atoms. The van der Waals surface area contributed by atoms with Crippen LogP contribution in [-0.4, -0.2) is 69.3 Å². The number of quaternary nitrogens is 1. The number of likely N-dealkylation sites (N-methyl/N-ethyl adjacent to an activating group) is 1. The summed E-state index contributed by atoms with van der Waals surface area (Å²) in [7, 11) is -1.55. The summed E-state index contributed by atoms with van der Waals surface area (Å²) in [5.74, 6) is 0.188. The topological polar surface area (TPSA) is 62.1 Å². The minimum atomic E-state index is -3.48. The zero-order valence-corrected chi connectivity index (χ0v) is 18.2. The monoisotopic (exact) mass is 408 g/mol. The fourth-order valence-electron chi connectivity index (χ4n) is 4.35. The molecule has 0 bridgehead atoms. The predicted molar refractivity (Wildman–Crippen MR) is 110 cm³/mol. The molecule has 156 valence electrons. The Bertz CT molecular complexity index is 795. The minimum absolute atomic E-state index is 0.188. The van der Waals surface area contributed by atoms with Gasteiger partial charge in [0.15, 0.2) is 6.54 Å². The maximum Gasteiger partial charge on any atom is 0.277 e. The highest BCUT2D eigenvalue weighted by atomic mass is 32.2. The van der Waals surface area contributed by atoms with Crippen LogP contribution in [0.15, 0.2) is 23.1 Å². The second-order valence-corrected chi connectivity index (χ2v) is 10.3. The van der Waals surface area contributed by atoms with Crippen LogP contribution in [0.25, 0.3) is 0 Å². The molecule has 0 radical (unpaired) electrons. The van der Waals surface area contributed by atoms with E-state index in [1.54, 1.807) is 10.4 Å². The molecule has 1 saturated carbocycles. The molecule has 1 saturated heterocycles. The molecule has 0 unspecified atom stereocenters. The first-order chi connectivity index (χ1) is 13.3. The SMILES string of the molecule is Cc1ccc(C)c(S(=O)(=O)N2CC[NH+](CC(=O)N(C)C3CCCCC3)CC2)c1. The highest BCUT2D eigenvalue weighted by molar-refractivity contribution is 7.89. The van der Waals surface area contributed by atoms with Crippen molar-refractivity contribution in [2.75, 3.05) is 39.8 Å². The molecule has 1 aliphatic carbocycles. The summed E-state index contributed by atoms with van der Waals surface area (Å²) < 4.78 is 27.7. The molecule has 1 aliphatic heterocycles. The van der Waals surface area contributed by atoms with Gasteiger partial charge in [-0.3, -0.25) is 4.79 Å². The number of benzene rings is 1. The maximum absolute atomic E-state index is 13.0. The van der Waals surface area contributed by atoms with E-state index in [2.05, 4.69) is 0 Å². The Kier molecular flexibility index (Phi) is 6.78. The van der Waals surface area contributed by atoms with Gasteiger partial charge in [0.2, 0.25) is 10.0 Å². The van der Waals surface area contributed by atoms with Crippen LogP contribution in [0.1, 0.15) is 43.2 Å². The van der Waals surface area contributed by atoms with E-state index in [0.717, 1.165) is 24.0 Å². The molecule has 2 fully saturated rings. The summed E-state index contributed by atoms with van der Waals surface area (Å²) in [5, 5.41) is 0. The van der Waals surface area contributed by atoms with Crippen molar-refractivity contribution in [1.29, 1.82) is 0 Å². The maximum atomic E-state index is 13.0. The number of carbonyl (C=O) groups is 1. The smallest absolute Gasteiger partial charge is 0.277 e. The van der Waals surface area contributed by atoms with Crippen molar-refractivity contribution in [3.8, 4) is 0 Å². The first-order valence-electron chi connectivity index (χ1n) is 10.5. The van der Waals surface area contributed by atoms with Crippen LogP contribution >= 0.6 is 0 Å². The van der Waals surface area contributed by atoms with Crippen molar-refractivity contribution in [3.63, 3.8) is 0 Å². The Hall–Kier alpha value is -1.44. The molecule has 1 aromatic rings. The van der Waals surface area contributed by atoms with Crippen molar-refractivity contribution in [2.24, 2.45) is 0 Å². The molecular formula is C21H34N3O3S+. The summed E-state index contributed by atoms with van der Waals surface area (Å²) in [4.78, 5) is 16.2. The predicted octanol–water partition coefficient (Wildman–Crippen LogP) is 0.984. The lowest BCUT2D eigenvalue weighted by Gasteiger charge is -2.34. The van der Waals surface area contributed by atoms with Crippen LogP contribution < -0.4 is 4.90 Å². The third-order valence-electron chi connectivity index (χ3n) is 6.31. The molecular weight excluding hydrogens is 374 g/mol. The Morgan fingerprint density at radius 1 is 1.14 bits per heavy atom. The molecule has 3 rings (SSSR count). The third kappa shape index (κ3) is 4.75. The lowest BCUT2D eigenvalue weighted by Crippen LogP contribution is -3.15. The van der Waals surface area contributed by atoms with E-state index >= 15 is 0 Å². The van der Waals surface area contributed by atoms with Crippen LogP contribution in [-0.2, 0) is 14.8 Å². The Morgan fingerprint density at radius 2 is 1.79 bits per heavy atom. The number of aryl methyl sites for hydroxylation is 2. The zero-order valence-electron chi connectivity index (χ0n) is 17.4. The Labute approximate surface area is 169 Å². The molecule has 7 heteroatoms. The third-order valence-corrected chi connectivity index (χ3v) is 8.35. The van der Waals surface area contributed by atoms with Crippen molar-refractivity contribution in [3.05, 3.63) is 29.3 Å². The Morgan fingerprint density at radius 3 is 2.43 bits per heavy atom. The molecule has 0 aromatic heterocycles. The Balaban J connectivity index is 1.56. The van der Waals surface area contributed by atoms with Gasteiger partial charge in [-0.1, -0.05) is 31.4 Å².